The van der Waals surface area contributed by atoms with Crippen molar-refractivity contribution in [3.8, 4) is 0 Å². The van der Waals surface area contributed by atoms with E-state index in [0.29, 0.717) is 32.1 Å². The van der Waals surface area contributed by atoms with Crippen molar-refractivity contribution in [3.05, 3.63) is 0 Å². The van der Waals surface area contributed by atoms with E-state index in [1.54, 1.807) is 0 Å². The van der Waals surface area contributed by atoms with Gasteiger partial charge in [0.25, 0.3) is 0 Å². The predicted octanol–water partition coefficient (Wildman–Crippen LogP) is 18.0. The van der Waals surface area contributed by atoms with Gasteiger partial charge < -0.3 is 0 Å². The second-order valence-corrected chi connectivity index (χ2v) is 26.7. The summed E-state index contributed by atoms with van der Waals surface area (Å²) < 4.78 is 12.9. The third-order valence-corrected chi connectivity index (χ3v) is 19.2. The van der Waals surface area contributed by atoms with E-state index in [2.05, 4.69) is 27.7 Å². The molecule has 8 heteroatoms. The van der Waals surface area contributed by atoms with E-state index in [1.165, 1.54) is 180 Å². The van der Waals surface area contributed by atoms with Crippen molar-refractivity contribution in [2.24, 2.45) is 0 Å². The van der Waals surface area contributed by atoms with Crippen molar-refractivity contribution < 1.29 is 28.6 Å². The molecule has 0 amide bonds. The molecule has 0 spiro atoms. The molecule has 4 N–H and O–H groups in total. The van der Waals surface area contributed by atoms with Gasteiger partial charge >= 0.3 is 372 Å². The van der Waals surface area contributed by atoms with Gasteiger partial charge in [-0.3, -0.25) is 0 Å². The Bertz CT molecular complexity index is 762. The van der Waals surface area contributed by atoms with Crippen LogP contribution < -0.4 is 0 Å². The van der Waals surface area contributed by atoms with Gasteiger partial charge in [-0.05, 0) is 0 Å². The SMILES string of the molecule is CCCCCCCCCCCCP(O)(O)(CCCCCCCCCCCC)OC(CC)OP(O)(O)(CCCCCCCCCCCC)CCCCCCCCCCCC. The van der Waals surface area contributed by atoms with Gasteiger partial charge in [-0.1, -0.05) is 0 Å². The van der Waals surface area contributed by atoms with Gasteiger partial charge in [-0.15, -0.1) is 0 Å². The van der Waals surface area contributed by atoms with Gasteiger partial charge in [-0.2, -0.15) is 0 Å². The zero-order chi connectivity index (χ0) is 43.7. The van der Waals surface area contributed by atoms with Gasteiger partial charge in [0.15, 0.2) is 0 Å². The molecular formula is C51H110O6P2. The molecule has 0 radical (unpaired) electrons. The summed E-state index contributed by atoms with van der Waals surface area (Å²) in [6.07, 6.45) is 47.4. The van der Waals surface area contributed by atoms with E-state index < -0.39 is 20.9 Å². The molecule has 0 aliphatic carbocycles. The molecule has 0 aliphatic rings. The fourth-order valence-electron chi connectivity index (χ4n) is 8.81. The normalized spacial score (nSPS) is 14.3. The van der Waals surface area contributed by atoms with Crippen LogP contribution in [0.1, 0.15) is 298 Å². The van der Waals surface area contributed by atoms with Gasteiger partial charge in [0, 0.05) is 0 Å². The summed E-state index contributed by atoms with van der Waals surface area (Å²) in [5.41, 5.74) is 0. The molecule has 0 atom stereocenters. The molecule has 6 nitrogen and oxygen atoms in total. The molecule has 360 valence electrons. The Labute approximate surface area is 370 Å². The zero-order valence-electron chi connectivity index (χ0n) is 40.9. The molecular weight excluding hydrogens is 771 g/mol. The molecule has 59 heavy (non-hydrogen) atoms. The quantitative estimate of drug-likeness (QED) is 0.0276. The van der Waals surface area contributed by atoms with E-state index in [1.807, 2.05) is 6.92 Å². The standard InChI is InChI=1S/C51H110O6P2/c1-6-11-15-19-23-27-31-35-39-43-47-58(52,53,48-44-40-36-32-28-24-20-16-12-7-2)56-51(10-5)57-59(54,55,49-45-41-37-33-29-25-21-17-13-8-3)50-46-42-38-34-30-26-22-18-14-9-4/h51-55H,6-50H2,1-5H3. The third-order valence-electron chi connectivity index (χ3n) is 12.9. The van der Waals surface area contributed by atoms with Crippen LogP contribution in [-0.4, -0.2) is 50.5 Å². The second-order valence-electron chi connectivity index (χ2n) is 19.3. The third kappa shape index (κ3) is 37.7. The van der Waals surface area contributed by atoms with Crippen LogP contribution in [0.3, 0.4) is 0 Å². The van der Waals surface area contributed by atoms with Crippen molar-refractivity contribution in [2.75, 3.05) is 24.6 Å². The zero-order valence-corrected chi connectivity index (χ0v) is 42.7. The summed E-state index contributed by atoms with van der Waals surface area (Å²) in [6, 6.07) is 0. The van der Waals surface area contributed by atoms with E-state index >= 15 is 0 Å². The van der Waals surface area contributed by atoms with Crippen LogP contribution in [0.25, 0.3) is 0 Å². The van der Waals surface area contributed by atoms with E-state index in [0.717, 1.165) is 51.4 Å². The molecule has 0 fully saturated rings. The Morgan fingerprint density at radius 2 is 0.407 bits per heavy atom. The van der Waals surface area contributed by atoms with E-state index in [-0.39, 0.29) is 24.6 Å². The maximum atomic E-state index is 12.3. The van der Waals surface area contributed by atoms with Crippen LogP contribution in [0.5, 0.6) is 0 Å². The summed E-state index contributed by atoms with van der Waals surface area (Å²) in [7, 11) is -9.21. The first-order valence-electron chi connectivity index (χ1n) is 26.8. The minimum atomic E-state index is -4.61. The molecule has 0 heterocycles. The fourth-order valence-corrected chi connectivity index (χ4v) is 14.7. The van der Waals surface area contributed by atoms with Crippen molar-refractivity contribution in [3.63, 3.8) is 0 Å². The second kappa shape index (κ2) is 39.0. The van der Waals surface area contributed by atoms with E-state index in [4.69, 9.17) is 9.05 Å². The molecule has 0 aromatic carbocycles. The maximum absolute atomic E-state index is 12.3. The Balaban J connectivity index is 5.55. The van der Waals surface area contributed by atoms with Crippen molar-refractivity contribution in [1.82, 2.24) is 0 Å². The predicted molar refractivity (Wildman–Crippen MR) is 266 cm³/mol. The summed E-state index contributed by atoms with van der Waals surface area (Å²) in [4.78, 5) is 49.1. The Kier molecular flexibility index (Phi) is 39.4. The number of rotatable bonds is 49. The number of hydrogen-bond donors (Lipinski definition) is 4. The summed E-state index contributed by atoms with van der Waals surface area (Å²) in [5.74, 6) is 0. The van der Waals surface area contributed by atoms with Crippen LogP contribution in [0.2, 0.25) is 0 Å². The topological polar surface area (TPSA) is 99.4 Å². The molecule has 0 saturated carbocycles. The first kappa shape index (κ1) is 59.6. The van der Waals surface area contributed by atoms with Gasteiger partial charge in [-0.25, -0.2) is 0 Å². The Morgan fingerprint density at radius 1 is 0.254 bits per heavy atom. The molecule has 0 saturated heterocycles. The molecule has 0 aromatic rings. The summed E-state index contributed by atoms with van der Waals surface area (Å²) in [5, 5.41) is 0. The van der Waals surface area contributed by atoms with Crippen molar-refractivity contribution >= 4 is 14.6 Å². The molecule has 0 aromatic heterocycles. The van der Waals surface area contributed by atoms with Crippen LogP contribution in [0.4, 0.5) is 0 Å². The average Bonchev–Trinajstić information content (AvgIpc) is 3.20. The molecule has 0 bridgehead atoms. The molecule has 0 aliphatic heterocycles. The van der Waals surface area contributed by atoms with Gasteiger partial charge in [0.1, 0.15) is 0 Å². The number of unbranched alkanes of at least 4 members (excludes halogenated alkanes) is 36. The van der Waals surface area contributed by atoms with Crippen molar-refractivity contribution in [1.29, 1.82) is 0 Å². The number of hydrogen-bond acceptors (Lipinski definition) is 6. The first-order valence-corrected chi connectivity index (χ1v) is 31.7. The summed E-state index contributed by atoms with van der Waals surface area (Å²) in [6.45, 7) is 11.0. The monoisotopic (exact) mass is 881 g/mol. The molecule has 0 unspecified atom stereocenters. The van der Waals surface area contributed by atoms with Crippen LogP contribution in [0.15, 0.2) is 0 Å². The average molecular weight is 881 g/mol. The Hall–Kier alpha value is 0.620. The fraction of sp³-hybridized carbons (Fsp3) is 1.00. The summed E-state index contributed by atoms with van der Waals surface area (Å²) >= 11 is 0. The van der Waals surface area contributed by atoms with Crippen LogP contribution in [-0.2, 0) is 9.05 Å². The van der Waals surface area contributed by atoms with Gasteiger partial charge in [0.2, 0.25) is 0 Å². The Morgan fingerprint density at radius 3 is 0.559 bits per heavy atom. The van der Waals surface area contributed by atoms with Crippen LogP contribution in [0, 0.1) is 0 Å². The first-order chi connectivity index (χ1) is 28.4. The molecule has 0 rings (SSSR count). The van der Waals surface area contributed by atoms with E-state index in [9.17, 15) is 19.6 Å². The van der Waals surface area contributed by atoms with Gasteiger partial charge in [0.05, 0.1) is 0 Å². The van der Waals surface area contributed by atoms with Crippen molar-refractivity contribution in [2.45, 2.75) is 304 Å². The van der Waals surface area contributed by atoms with Crippen LogP contribution >= 0.6 is 14.6 Å². The minimum absolute atomic E-state index is 0.239.